The molecule has 0 bridgehead atoms. The van der Waals surface area contributed by atoms with Gasteiger partial charge in [0.2, 0.25) is 5.91 Å². The smallest absolute Gasteiger partial charge is 0.220 e. The van der Waals surface area contributed by atoms with Crippen LogP contribution in [0.4, 0.5) is 0 Å². The fourth-order valence-corrected chi connectivity index (χ4v) is 3.76. The molecular weight excluding hydrogens is 320 g/mol. The number of hydrogen-bond acceptors (Lipinski definition) is 2. The summed E-state index contributed by atoms with van der Waals surface area (Å²) >= 11 is 0. The molecular formula is C23H30N2O. The lowest BCUT2D eigenvalue weighted by Crippen LogP contribution is -2.37. The largest absolute Gasteiger partial charge is 0.354 e. The van der Waals surface area contributed by atoms with E-state index in [4.69, 9.17) is 0 Å². The van der Waals surface area contributed by atoms with Gasteiger partial charge in [-0.25, -0.2) is 0 Å². The molecule has 1 aliphatic rings. The molecule has 26 heavy (non-hydrogen) atoms. The lowest BCUT2D eigenvalue weighted by molar-refractivity contribution is -0.121. The van der Waals surface area contributed by atoms with Crippen LogP contribution in [0.15, 0.2) is 48.5 Å². The summed E-state index contributed by atoms with van der Waals surface area (Å²) in [7, 11) is 0. The molecule has 0 aliphatic carbocycles. The maximum atomic E-state index is 12.4. The summed E-state index contributed by atoms with van der Waals surface area (Å²) in [6.07, 6.45) is 3.85. The number of amides is 1. The Morgan fingerprint density at radius 3 is 2.42 bits per heavy atom. The Kier molecular flexibility index (Phi) is 6.45. The number of rotatable bonds is 7. The molecule has 1 unspecified atom stereocenters. The first-order valence-corrected chi connectivity index (χ1v) is 9.75. The van der Waals surface area contributed by atoms with Crippen LogP contribution in [0.5, 0.6) is 0 Å². The van der Waals surface area contributed by atoms with Gasteiger partial charge in [0.25, 0.3) is 0 Å². The van der Waals surface area contributed by atoms with Crippen LogP contribution in [-0.2, 0) is 11.2 Å². The van der Waals surface area contributed by atoms with Crippen LogP contribution < -0.4 is 5.32 Å². The van der Waals surface area contributed by atoms with Crippen LogP contribution >= 0.6 is 0 Å². The molecule has 2 aromatic rings. The number of carbonyl (C=O) groups excluding carboxylic acids is 1. The van der Waals surface area contributed by atoms with Gasteiger partial charge in [-0.05, 0) is 62.9 Å². The van der Waals surface area contributed by atoms with Crippen molar-refractivity contribution in [2.24, 2.45) is 0 Å². The predicted octanol–water partition coefficient (Wildman–Crippen LogP) is 4.19. The quantitative estimate of drug-likeness (QED) is 0.812. The number of aryl methyl sites for hydroxylation is 3. The molecule has 1 aliphatic heterocycles. The summed E-state index contributed by atoms with van der Waals surface area (Å²) < 4.78 is 0. The number of carbonyl (C=O) groups is 1. The average Bonchev–Trinajstić information content (AvgIpc) is 3.17. The minimum absolute atomic E-state index is 0.142. The van der Waals surface area contributed by atoms with Gasteiger partial charge in [0, 0.05) is 13.0 Å². The zero-order valence-electron chi connectivity index (χ0n) is 16.0. The second-order valence-electron chi connectivity index (χ2n) is 7.41. The van der Waals surface area contributed by atoms with E-state index in [0.29, 0.717) is 13.0 Å². The highest BCUT2D eigenvalue weighted by atomic mass is 16.1. The Morgan fingerprint density at radius 2 is 1.73 bits per heavy atom. The van der Waals surface area contributed by atoms with Crippen molar-refractivity contribution < 1.29 is 4.79 Å². The van der Waals surface area contributed by atoms with Crippen LogP contribution in [0.25, 0.3) is 0 Å². The molecule has 138 valence electrons. The van der Waals surface area contributed by atoms with Crippen molar-refractivity contribution in [1.29, 1.82) is 0 Å². The van der Waals surface area contributed by atoms with Crippen molar-refractivity contribution in [2.75, 3.05) is 19.6 Å². The van der Waals surface area contributed by atoms with Gasteiger partial charge in [-0.3, -0.25) is 9.69 Å². The van der Waals surface area contributed by atoms with Crippen molar-refractivity contribution in [3.63, 3.8) is 0 Å². The molecule has 1 fully saturated rings. The Balaban J connectivity index is 1.57. The van der Waals surface area contributed by atoms with Crippen LogP contribution in [0.3, 0.4) is 0 Å². The maximum absolute atomic E-state index is 12.4. The zero-order chi connectivity index (χ0) is 18.4. The van der Waals surface area contributed by atoms with Crippen molar-refractivity contribution in [3.05, 3.63) is 70.8 Å². The van der Waals surface area contributed by atoms with Gasteiger partial charge in [-0.15, -0.1) is 0 Å². The SMILES string of the molecule is Cc1ccc(CCC(=O)NCC(c2ccccc2C)N2CCCC2)cc1. The molecule has 2 aromatic carbocycles. The van der Waals surface area contributed by atoms with E-state index in [1.807, 2.05) is 0 Å². The van der Waals surface area contributed by atoms with Crippen LogP contribution in [-0.4, -0.2) is 30.4 Å². The molecule has 3 nitrogen and oxygen atoms in total. The summed E-state index contributed by atoms with van der Waals surface area (Å²) in [6.45, 7) is 7.19. The van der Waals surface area contributed by atoms with Crippen molar-refractivity contribution in [3.8, 4) is 0 Å². The van der Waals surface area contributed by atoms with E-state index in [1.54, 1.807) is 0 Å². The molecule has 1 saturated heterocycles. The van der Waals surface area contributed by atoms with Crippen molar-refractivity contribution >= 4 is 5.91 Å². The summed E-state index contributed by atoms with van der Waals surface area (Å²) in [5.41, 5.74) is 5.12. The van der Waals surface area contributed by atoms with E-state index in [9.17, 15) is 4.79 Å². The minimum Gasteiger partial charge on any atom is -0.354 e. The molecule has 0 saturated carbocycles. The number of benzene rings is 2. The van der Waals surface area contributed by atoms with Crippen LogP contribution in [0, 0.1) is 13.8 Å². The summed E-state index contributed by atoms with van der Waals surface area (Å²) in [6, 6.07) is 17.3. The summed E-state index contributed by atoms with van der Waals surface area (Å²) in [5.74, 6) is 0.142. The summed E-state index contributed by atoms with van der Waals surface area (Å²) in [5, 5.41) is 3.19. The van der Waals surface area contributed by atoms with Crippen LogP contribution in [0.2, 0.25) is 0 Å². The van der Waals surface area contributed by atoms with Gasteiger partial charge in [-0.1, -0.05) is 54.1 Å². The third-order valence-electron chi connectivity index (χ3n) is 5.38. The van der Waals surface area contributed by atoms with E-state index in [-0.39, 0.29) is 11.9 Å². The zero-order valence-corrected chi connectivity index (χ0v) is 16.0. The Morgan fingerprint density at radius 1 is 1.04 bits per heavy atom. The van der Waals surface area contributed by atoms with E-state index >= 15 is 0 Å². The maximum Gasteiger partial charge on any atom is 0.220 e. The standard InChI is InChI=1S/C23H30N2O/c1-18-9-11-20(12-10-18)13-14-23(26)24-17-22(25-15-5-6-16-25)21-8-4-3-7-19(21)2/h3-4,7-12,22H,5-6,13-17H2,1-2H3,(H,24,26). The van der Waals surface area contributed by atoms with Gasteiger partial charge >= 0.3 is 0 Å². The lowest BCUT2D eigenvalue weighted by Gasteiger charge is -2.29. The molecule has 1 heterocycles. The van der Waals surface area contributed by atoms with E-state index in [1.165, 1.54) is 35.1 Å². The first-order valence-electron chi connectivity index (χ1n) is 9.75. The molecule has 0 radical (unpaired) electrons. The first-order chi connectivity index (χ1) is 12.6. The second-order valence-corrected chi connectivity index (χ2v) is 7.41. The van der Waals surface area contributed by atoms with Gasteiger partial charge < -0.3 is 5.32 Å². The topological polar surface area (TPSA) is 32.3 Å². The normalized spacial score (nSPS) is 15.8. The molecule has 0 spiro atoms. The number of nitrogens with one attached hydrogen (secondary N) is 1. The van der Waals surface area contributed by atoms with E-state index in [2.05, 4.69) is 72.6 Å². The van der Waals surface area contributed by atoms with Crippen molar-refractivity contribution in [1.82, 2.24) is 10.2 Å². The number of hydrogen-bond donors (Lipinski definition) is 1. The molecule has 3 heteroatoms. The molecule has 0 aromatic heterocycles. The fraction of sp³-hybridized carbons (Fsp3) is 0.435. The highest BCUT2D eigenvalue weighted by Crippen LogP contribution is 2.26. The van der Waals surface area contributed by atoms with E-state index in [0.717, 1.165) is 19.5 Å². The van der Waals surface area contributed by atoms with Gasteiger partial charge in [0.15, 0.2) is 0 Å². The highest BCUT2D eigenvalue weighted by Gasteiger charge is 2.24. The summed E-state index contributed by atoms with van der Waals surface area (Å²) in [4.78, 5) is 14.9. The minimum atomic E-state index is 0.142. The Labute approximate surface area is 157 Å². The van der Waals surface area contributed by atoms with Gasteiger partial charge in [0.05, 0.1) is 6.04 Å². The predicted molar refractivity (Wildman–Crippen MR) is 107 cm³/mol. The lowest BCUT2D eigenvalue weighted by atomic mass is 10.00. The average molecular weight is 351 g/mol. The van der Waals surface area contributed by atoms with E-state index < -0.39 is 0 Å². The number of likely N-dealkylation sites (tertiary alicyclic amines) is 1. The molecule has 3 rings (SSSR count). The van der Waals surface area contributed by atoms with Crippen molar-refractivity contribution in [2.45, 2.75) is 45.6 Å². The van der Waals surface area contributed by atoms with Crippen LogP contribution in [0.1, 0.15) is 47.6 Å². The fourth-order valence-electron chi connectivity index (χ4n) is 3.76. The highest BCUT2D eigenvalue weighted by molar-refractivity contribution is 5.76. The molecule has 1 atom stereocenters. The third-order valence-corrected chi connectivity index (χ3v) is 5.38. The molecule has 1 N–H and O–H groups in total. The third kappa shape index (κ3) is 4.95. The Bertz CT molecular complexity index is 717. The van der Waals surface area contributed by atoms with Gasteiger partial charge in [0.1, 0.15) is 0 Å². The number of nitrogens with zero attached hydrogens (tertiary/aromatic N) is 1. The molecule has 1 amide bonds. The first kappa shape index (κ1) is 18.7. The second kappa shape index (κ2) is 9.00. The monoisotopic (exact) mass is 350 g/mol. The Hall–Kier alpha value is -2.13. The van der Waals surface area contributed by atoms with Gasteiger partial charge in [-0.2, -0.15) is 0 Å².